The number of nitrogens with zero attached hydrogens (tertiary/aromatic N) is 1. The number of thiophene rings is 1. The Bertz CT molecular complexity index is 4090. The van der Waals surface area contributed by atoms with Crippen LogP contribution >= 0.6 is 11.3 Å². The van der Waals surface area contributed by atoms with E-state index in [4.69, 9.17) is 4.42 Å². The Morgan fingerprint density at radius 3 is 1.88 bits per heavy atom. The lowest BCUT2D eigenvalue weighted by molar-refractivity contribution is 0.579. The van der Waals surface area contributed by atoms with Crippen molar-refractivity contribution in [3.05, 3.63) is 235 Å². The highest BCUT2D eigenvalue weighted by Gasteiger charge is 2.29. The first-order valence-electron chi connectivity index (χ1n) is 23.4. The maximum Gasteiger partial charge on any atom is 0.135 e. The topological polar surface area (TPSA) is 18.1 Å². The smallest absolute Gasteiger partial charge is 0.135 e. The number of benzene rings is 10. The standard InChI is InChI=1S/C64H43NOS/c1-39-49-10-2-3-11-51(49)50-30-24-43(34-47(50)37-56(39)42-20-18-40(19-21-42)44-26-32-62-57(35-44)54-13-5-8-16-61(54)66-62)46-25-31-53-52-12-4-7-15-59(52)65(60(53)38-46)48-28-22-41(23-29-48)45-27-33-64-58(36-45)55-14-6-9-17-63(55)67-64/h2-36,38-39,56H,37H2,1H3. The average molecular weight is 874 g/mol. The van der Waals surface area contributed by atoms with Gasteiger partial charge in [0, 0.05) is 47.4 Å². The summed E-state index contributed by atoms with van der Waals surface area (Å²) in [4.78, 5) is 0. The summed E-state index contributed by atoms with van der Waals surface area (Å²) in [7, 11) is 0. The summed E-state index contributed by atoms with van der Waals surface area (Å²) in [5, 5.41) is 7.50. The number of furan rings is 1. The van der Waals surface area contributed by atoms with E-state index >= 15 is 0 Å². The van der Waals surface area contributed by atoms with Crippen LogP contribution in [-0.4, -0.2) is 4.57 Å². The van der Waals surface area contributed by atoms with Gasteiger partial charge in [0.15, 0.2) is 0 Å². The van der Waals surface area contributed by atoms with Gasteiger partial charge in [-0.1, -0.05) is 165 Å². The van der Waals surface area contributed by atoms with Crippen LogP contribution in [0.15, 0.2) is 223 Å². The molecule has 1 aliphatic rings. The van der Waals surface area contributed by atoms with Gasteiger partial charge in [-0.25, -0.2) is 0 Å². The molecule has 316 valence electrons. The van der Waals surface area contributed by atoms with E-state index in [1.807, 2.05) is 23.5 Å². The molecule has 0 saturated heterocycles. The van der Waals surface area contributed by atoms with Gasteiger partial charge in [0.25, 0.3) is 0 Å². The first kappa shape index (κ1) is 38.3. The van der Waals surface area contributed by atoms with Crippen molar-refractivity contribution in [1.82, 2.24) is 4.57 Å². The third-order valence-corrected chi connectivity index (χ3v) is 15.9. The maximum absolute atomic E-state index is 6.15. The predicted octanol–water partition coefficient (Wildman–Crippen LogP) is 18.2. The van der Waals surface area contributed by atoms with Crippen LogP contribution in [0.2, 0.25) is 0 Å². The Morgan fingerprint density at radius 1 is 0.418 bits per heavy atom. The molecule has 3 aromatic heterocycles. The molecule has 0 aliphatic heterocycles. The van der Waals surface area contributed by atoms with Crippen molar-refractivity contribution in [2.45, 2.75) is 25.2 Å². The van der Waals surface area contributed by atoms with Crippen LogP contribution in [0.25, 0.3) is 114 Å². The quantitative estimate of drug-likeness (QED) is 0.168. The van der Waals surface area contributed by atoms with Crippen molar-refractivity contribution in [2.75, 3.05) is 0 Å². The van der Waals surface area contributed by atoms with E-state index in [0.717, 1.165) is 34.0 Å². The van der Waals surface area contributed by atoms with Gasteiger partial charge >= 0.3 is 0 Å². The molecule has 0 saturated carbocycles. The summed E-state index contributed by atoms with van der Waals surface area (Å²) in [6.45, 7) is 2.42. The normalized spacial score (nSPS) is 14.9. The van der Waals surface area contributed by atoms with Gasteiger partial charge in [-0.15, -0.1) is 11.3 Å². The molecule has 1 aliphatic carbocycles. The number of para-hydroxylation sites is 2. The highest BCUT2D eigenvalue weighted by molar-refractivity contribution is 7.25. The van der Waals surface area contributed by atoms with Crippen LogP contribution in [0.1, 0.15) is 35.4 Å². The molecule has 0 fully saturated rings. The number of aromatic nitrogens is 1. The second kappa shape index (κ2) is 15.0. The fourth-order valence-corrected chi connectivity index (χ4v) is 12.4. The van der Waals surface area contributed by atoms with E-state index < -0.39 is 0 Å². The van der Waals surface area contributed by atoms with E-state index in [0.29, 0.717) is 11.8 Å². The summed E-state index contributed by atoms with van der Waals surface area (Å²) >= 11 is 1.87. The Morgan fingerprint density at radius 2 is 1.01 bits per heavy atom. The van der Waals surface area contributed by atoms with Gasteiger partial charge in [0.2, 0.25) is 0 Å². The molecule has 13 aromatic rings. The largest absolute Gasteiger partial charge is 0.456 e. The molecule has 0 radical (unpaired) electrons. The minimum absolute atomic E-state index is 0.312. The molecule has 0 bridgehead atoms. The van der Waals surface area contributed by atoms with Crippen LogP contribution < -0.4 is 0 Å². The number of hydrogen-bond acceptors (Lipinski definition) is 2. The summed E-state index contributed by atoms with van der Waals surface area (Å²) in [5.41, 5.74) is 19.7. The zero-order chi connectivity index (χ0) is 44.2. The van der Waals surface area contributed by atoms with Crippen LogP contribution in [0.5, 0.6) is 0 Å². The van der Waals surface area contributed by atoms with Crippen molar-refractivity contribution in [3.8, 4) is 50.2 Å². The molecular weight excluding hydrogens is 831 g/mol. The van der Waals surface area contributed by atoms with Gasteiger partial charge in [-0.2, -0.15) is 0 Å². The Kier molecular flexibility index (Phi) is 8.59. The number of rotatable bonds is 5. The molecule has 0 amide bonds. The van der Waals surface area contributed by atoms with Gasteiger partial charge in [-0.05, 0) is 140 Å². The van der Waals surface area contributed by atoms with Gasteiger partial charge in [0.1, 0.15) is 11.2 Å². The summed E-state index contributed by atoms with van der Waals surface area (Å²) in [5.74, 6) is 0.648. The Hall–Kier alpha value is -7.98. The van der Waals surface area contributed by atoms with Crippen LogP contribution in [0.4, 0.5) is 0 Å². The molecule has 3 heterocycles. The highest BCUT2D eigenvalue weighted by atomic mass is 32.1. The summed E-state index contributed by atoms with van der Waals surface area (Å²) < 4.78 is 11.3. The first-order valence-corrected chi connectivity index (χ1v) is 24.2. The summed E-state index contributed by atoms with van der Waals surface area (Å²) in [6, 6.07) is 81.2. The van der Waals surface area contributed by atoms with Crippen LogP contribution in [0.3, 0.4) is 0 Å². The number of fused-ring (bicyclic) bond motifs is 12. The Labute approximate surface area is 392 Å². The van der Waals surface area contributed by atoms with Crippen molar-refractivity contribution < 1.29 is 4.42 Å². The third-order valence-electron chi connectivity index (χ3n) is 14.8. The van der Waals surface area contributed by atoms with Crippen molar-refractivity contribution in [1.29, 1.82) is 0 Å². The zero-order valence-corrected chi connectivity index (χ0v) is 37.7. The molecule has 2 atom stereocenters. The molecule has 67 heavy (non-hydrogen) atoms. The van der Waals surface area contributed by atoms with Crippen molar-refractivity contribution >= 4 is 75.3 Å². The van der Waals surface area contributed by atoms with Crippen LogP contribution in [0, 0.1) is 0 Å². The third kappa shape index (κ3) is 6.15. The molecule has 0 N–H and O–H groups in total. The molecule has 0 spiro atoms. The van der Waals surface area contributed by atoms with Crippen LogP contribution in [-0.2, 0) is 6.42 Å². The fraction of sp³-hybridized carbons (Fsp3) is 0.0625. The molecule has 10 aromatic carbocycles. The first-order chi connectivity index (χ1) is 33.1. The molecular formula is C64H43NOS. The van der Waals surface area contributed by atoms with Gasteiger partial charge < -0.3 is 8.98 Å². The second-order valence-electron chi connectivity index (χ2n) is 18.4. The minimum atomic E-state index is 0.312. The average Bonchev–Trinajstić information content (AvgIpc) is 4.04. The van der Waals surface area contributed by atoms with Gasteiger partial charge in [0.05, 0.1) is 11.0 Å². The molecule has 2 unspecified atom stereocenters. The van der Waals surface area contributed by atoms with E-state index in [9.17, 15) is 0 Å². The van der Waals surface area contributed by atoms with E-state index in [-0.39, 0.29) is 0 Å². The zero-order valence-electron chi connectivity index (χ0n) is 36.9. The maximum atomic E-state index is 6.15. The van der Waals surface area contributed by atoms with Crippen molar-refractivity contribution in [2.24, 2.45) is 0 Å². The fourth-order valence-electron chi connectivity index (χ4n) is 11.3. The lowest BCUT2D eigenvalue weighted by atomic mass is 9.80. The highest BCUT2D eigenvalue weighted by Crippen LogP contribution is 2.47. The monoisotopic (exact) mass is 873 g/mol. The summed E-state index contributed by atoms with van der Waals surface area (Å²) in [6.07, 6.45) is 0.954. The molecule has 14 rings (SSSR count). The molecule has 3 heteroatoms. The van der Waals surface area contributed by atoms with Gasteiger partial charge in [-0.3, -0.25) is 0 Å². The lowest BCUT2D eigenvalue weighted by Crippen LogP contribution is -2.10. The van der Waals surface area contributed by atoms with E-state index in [1.54, 1.807) is 0 Å². The Balaban J connectivity index is 0.827. The molecule has 2 nitrogen and oxygen atoms in total. The number of hydrogen-bond donors (Lipinski definition) is 0. The second-order valence-corrected chi connectivity index (χ2v) is 19.5. The minimum Gasteiger partial charge on any atom is -0.456 e. The SMILES string of the molecule is CC1c2ccccc2-c2ccc(-c3ccc4c5ccccc5n(-c5ccc(-c6ccc7sc8ccccc8c7c6)cc5)c4c3)cc2CC1c1ccc(-c2ccc3oc4ccccc4c3c2)cc1. The van der Waals surface area contributed by atoms with Crippen molar-refractivity contribution in [3.63, 3.8) is 0 Å². The predicted molar refractivity (Wildman–Crippen MR) is 284 cm³/mol. The lowest BCUT2D eigenvalue weighted by Gasteiger charge is -2.24. The van der Waals surface area contributed by atoms with E-state index in [1.165, 1.54) is 103 Å². The van der Waals surface area contributed by atoms with E-state index in [2.05, 4.69) is 218 Å².